The number of rotatable bonds is 0. The van der Waals surface area contributed by atoms with Crippen LogP contribution in [0.25, 0.3) is 0 Å². The zero-order valence-electron chi connectivity index (χ0n) is 43.8. The predicted octanol–water partition coefficient (Wildman–Crippen LogP) is 24.2. The molecule has 0 heteroatoms. The maximum Gasteiger partial charge on any atom is -0.0533 e. The van der Waals surface area contributed by atoms with Crippen molar-refractivity contribution in [1.29, 1.82) is 0 Å². The van der Waals surface area contributed by atoms with Crippen LogP contribution in [0.2, 0.25) is 0 Å². The molecule has 0 nitrogen and oxygen atoms in total. The van der Waals surface area contributed by atoms with Gasteiger partial charge in [-0.1, -0.05) is 398 Å². The van der Waals surface area contributed by atoms with Crippen LogP contribution in [0.3, 0.4) is 0 Å². The highest BCUT2D eigenvalue weighted by Crippen LogP contribution is 2.20. The van der Waals surface area contributed by atoms with Gasteiger partial charge in [-0.15, -0.1) is 0 Å². The second-order valence-corrected chi connectivity index (χ2v) is 21.9. The van der Waals surface area contributed by atoms with E-state index in [1.165, 1.54) is 398 Å². The molecule has 11 aliphatic rings. The lowest BCUT2D eigenvalue weighted by molar-refractivity contribution is 0.504. The Morgan fingerprint density at radius 3 is 0.0645 bits per heavy atom. The van der Waals surface area contributed by atoms with Crippen molar-refractivity contribution in [3.05, 3.63) is 0 Å². The molecule has 0 radical (unpaired) electrons. The summed E-state index contributed by atoms with van der Waals surface area (Å²) in [5, 5.41) is 0. The second kappa shape index (κ2) is 57.1. The first-order valence-electron chi connectivity index (χ1n) is 31.0. The highest BCUT2D eigenvalue weighted by molar-refractivity contribution is 4.56. The fourth-order valence-electron chi connectivity index (χ4n) is 7.30. The molecular formula is C62H124. The van der Waals surface area contributed by atoms with E-state index in [2.05, 4.69) is 0 Å². The van der Waals surface area contributed by atoms with Crippen molar-refractivity contribution in [2.75, 3.05) is 0 Å². The zero-order valence-corrected chi connectivity index (χ0v) is 43.8. The molecule has 0 N–H and O–H groups in total. The Morgan fingerprint density at radius 1 is 0.0323 bits per heavy atom. The van der Waals surface area contributed by atoms with Crippen LogP contribution in [0.4, 0.5) is 0 Å². The third-order valence-electron chi connectivity index (χ3n) is 15.5. The summed E-state index contributed by atoms with van der Waals surface area (Å²) in [4.78, 5) is 0. The molecule has 0 heterocycles. The molecule has 11 aliphatic carbocycles. The van der Waals surface area contributed by atoms with E-state index in [1.54, 1.807) is 0 Å². The summed E-state index contributed by atoms with van der Waals surface area (Å²) in [7, 11) is 0. The van der Waals surface area contributed by atoms with E-state index in [4.69, 9.17) is 0 Å². The quantitative estimate of drug-likeness (QED) is 0.228. The van der Waals surface area contributed by atoms with Crippen LogP contribution in [0, 0.1) is 0 Å². The van der Waals surface area contributed by atoms with Crippen molar-refractivity contribution >= 4 is 0 Å². The normalized spacial score (nSPS) is 24.0. The minimum absolute atomic E-state index is 1.50. The van der Waals surface area contributed by atoms with E-state index in [9.17, 15) is 0 Å². The lowest BCUT2D eigenvalue weighted by atomic mass is 10.0. The molecule has 0 spiro atoms. The summed E-state index contributed by atoms with van der Waals surface area (Å²) in [5.74, 6) is 0. The maximum absolute atomic E-state index is 1.50. The average Bonchev–Trinajstić information content (AvgIpc) is 3.02. The predicted molar refractivity (Wildman–Crippen MR) is 286 cm³/mol. The standard InChI is InChI=1S/C12H24.C10H20.C8H16.8C4H8/c1-2-4-6-8-10-12-11-9-7-5-3-1;1-2-4-6-8-10-9-7-5-3-1;1-2-4-6-8-7-5-3-1;8*1-2-4-3-1/h1-12H2;1-10H2;1-8H2;8*1-4H2. The molecule has 372 valence electrons. The van der Waals surface area contributed by atoms with E-state index in [0.29, 0.717) is 0 Å². The van der Waals surface area contributed by atoms with Gasteiger partial charge in [0.15, 0.2) is 0 Å². The average molecular weight is 870 g/mol. The van der Waals surface area contributed by atoms with Gasteiger partial charge in [-0.3, -0.25) is 0 Å². The first kappa shape index (κ1) is 60.0. The van der Waals surface area contributed by atoms with Crippen molar-refractivity contribution in [2.24, 2.45) is 0 Å². The van der Waals surface area contributed by atoms with Crippen LogP contribution in [0.1, 0.15) is 398 Å². The molecular weight excluding hydrogens is 745 g/mol. The van der Waals surface area contributed by atoms with Gasteiger partial charge in [0.1, 0.15) is 0 Å². The molecule has 0 atom stereocenters. The van der Waals surface area contributed by atoms with Crippen LogP contribution in [0.5, 0.6) is 0 Å². The maximum atomic E-state index is 1.50. The molecule has 0 amide bonds. The molecule has 11 fully saturated rings. The summed E-state index contributed by atoms with van der Waals surface area (Å²) in [5.41, 5.74) is 0. The van der Waals surface area contributed by atoms with Crippen LogP contribution in [0.15, 0.2) is 0 Å². The number of hydrogen-bond donors (Lipinski definition) is 0. The van der Waals surface area contributed by atoms with Gasteiger partial charge in [0.25, 0.3) is 0 Å². The van der Waals surface area contributed by atoms with E-state index in [1.807, 2.05) is 0 Å². The topological polar surface area (TPSA) is 0 Å². The zero-order chi connectivity index (χ0) is 43.8. The highest BCUT2D eigenvalue weighted by Gasteiger charge is 2.01. The molecule has 0 aromatic carbocycles. The minimum atomic E-state index is 1.50. The largest absolute Gasteiger partial charge is 0.0533 e. The Kier molecular flexibility index (Phi) is 55.3. The molecule has 0 saturated heterocycles. The Morgan fingerprint density at radius 2 is 0.0484 bits per heavy atom. The van der Waals surface area contributed by atoms with Crippen molar-refractivity contribution < 1.29 is 0 Å². The smallest absolute Gasteiger partial charge is 0.0533 e. The third kappa shape index (κ3) is 54.3. The molecule has 0 aromatic heterocycles. The summed E-state index contributed by atoms with van der Waals surface area (Å²) in [6, 6.07) is 0. The van der Waals surface area contributed by atoms with Crippen LogP contribution >= 0.6 is 0 Å². The minimum Gasteiger partial charge on any atom is -0.0533 e. The van der Waals surface area contributed by atoms with E-state index in [0.717, 1.165) is 0 Å². The van der Waals surface area contributed by atoms with Gasteiger partial charge in [-0.25, -0.2) is 0 Å². The van der Waals surface area contributed by atoms with Crippen molar-refractivity contribution in [3.8, 4) is 0 Å². The molecule has 0 aromatic rings. The summed E-state index contributed by atoms with van der Waals surface area (Å²) < 4.78 is 0. The lowest BCUT2D eigenvalue weighted by Gasteiger charge is -2.05. The van der Waals surface area contributed by atoms with Crippen LogP contribution in [-0.2, 0) is 0 Å². The molecule has 0 bridgehead atoms. The van der Waals surface area contributed by atoms with Gasteiger partial charge in [-0.2, -0.15) is 0 Å². The van der Waals surface area contributed by atoms with Crippen molar-refractivity contribution in [3.63, 3.8) is 0 Å². The van der Waals surface area contributed by atoms with Crippen molar-refractivity contribution in [1.82, 2.24) is 0 Å². The van der Waals surface area contributed by atoms with Gasteiger partial charge in [-0.05, 0) is 0 Å². The second-order valence-electron chi connectivity index (χ2n) is 21.9. The Labute approximate surface area is 396 Å². The van der Waals surface area contributed by atoms with Crippen LogP contribution in [-0.4, -0.2) is 0 Å². The first-order valence-corrected chi connectivity index (χ1v) is 31.0. The summed E-state index contributed by atoms with van der Waals surface area (Å²) in [6.45, 7) is 0. The SMILES string of the molecule is C1CCC1.C1CCC1.C1CCC1.C1CCC1.C1CCC1.C1CCC1.C1CCC1.C1CCC1.C1CCCCCCC1.C1CCCCCCCCC1.C1CCCCCCCCCCC1. The van der Waals surface area contributed by atoms with E-state index >= 15 is 0 Å². The van der Waals surface area contributed by atoms with Gasteiger partial charge >= 0.3 is 0 Å². The molecule has 11 rings (SSSR count). The fourth-order valence-corrected chi connectivity index (χ4v) is 7.30. The Hall–Kier alpha value is 0. The van der Waals surface area contributed by atoms with Crippen molar-refractivity contribution in [2.45, 2.75) is 398 Å². The molecule has 0 unspecified atom stereocenters. The fraction of sp³-hybridized carbons (Fsp3) is 1.00. The van der Waals surface area contributed by atoms with Gasteiger partial charge in [0.05, 0.1) is 0 Å². The van der Waals surface area contributed by atoms with Gasteiger partial charge < -0.3 is 0 Å². The number of hydrogen-bond acceptors (Lipinski definition) is 0. The summed E-state index contributed by atoms with van der Waals surface area (Å²) in [6.07, 6.45) is 93.0. The first-order chi connectivity index (χ1) is 31.0. The van der Waals surface area contributed by atoms with E-state index < -0.39 is 0 Å². The third-order valence-corrected chi connectivity index (χ3v) is 15.5. The van der Waals surface area contributed by atoms with Crippen LogP contribution < -0.4 is 0 Å². The van der Waals surface area contributed by atoms with Gasteiger partial charge in [0, 0.05) is 0 Å². The lowest BCUT2D eigenvalue weighted by Crippen LogP contribution is -1.85. The Balaban J connectivity index is 0.000000351. The molecule has 0 aliphatic heterocycles. The molecule has 62 heavy (non-hydrogen) atoms. The van der Waals surface area contributed by atoms with E-state index in [-0.39, 0.29) is 0 Å². The highest BCUT2D eigenvalue weighted by atomic mass is 14.1. The Bertz CT molecular complexity index is 478. The monoisotopic (exact) mass is 869 g/mol. The summed E-state index contributed by atoms with van der Waals surface area (Å²) >= 11 is 0. The molecule has 11 saturated carbocycles. The van der Waals surface area contributed by atoms with Gasteiger partial charge in [0.2, 0.25) is 0 Å².